The van der Waals surface area contributed by atoms with E-state index >= 15 is 0 Å². The van der Waals surface area contributed by atoms with E-state index in [1.54, 1.807) is 18.3 Å². The summed E-state index contributed by atoms with van der Waals surface area (Å²) in [4.78, 5) is 29.8. The minimum absolute atomic E-state index is 0.00483. The van der Waals surface area contributed by atoms with Gasteiger partial charge in [0, 0.05) is 35.5 Å². The second kappa shape index (κ2) is 10.1. The molecular formula is C22H30N4O3S. The van der Waals surface area contributed by atoms with Gasteiger partial charge in [-0.05, 0) is 59.1 Å². The monoisotopic (exact) mass is 430 g/mol. The predicted octanol–water partition coefficient (Wildman–Crippen LogP) is 3.79. The fourth-order valence-corrected chi connectivity index (χ4v) is 4.90. The molecule has 0 aromatic carbocycles. The quantitative estimate of drug-likeness (QED) is 0.649. The molecule has 2 amide bonds. The smallest absolute Gasteiger partial charge is 0.254 e. The number of amides is 2. The Morgan fingerprint density at radius 2 is 2.10 bits per heavy atom. The first-order valence-corrected chi connectivity index (χ1v) is 11.4. The SMILES string of the molecule is Cc1noc(C)c1CSc1ncccc1C(=O)NC1CCCC(C(=O)NC(C)C)C1. The Balaban J connectivity index is 1.63. The molecule has 7 nitrogen and oxygen atoms in total. The summed E-state index contributed by atoms with van der Waals surface area (Å²) in [7, 11) is 0. The van der Waals surface area contributed by atoms with Crippen LogP contribution >= 0.6 is 11.8 Å². The molecule has 0 bridgehead atoms. The number of carbonyl (C=O) groups is 2. The van der Waals surface area contributed by atoms with Gasteiger partial charge in [-0.25, -0.2) is 4.98 Å². The van der Waals surface area contributed by atoms with Crippen molar-refractivity contribution in [3.8, 4) is 0 Å². The number of carbonyl (C=O) groups excluding carboxylic acids is 2. The first kappa shape index (κ1) is 22.3. The van der Waals surface area contributed by atoms with Gasteiger partial charge in [-0.1, -0.05) is 11.6 Å². The third-order valence-electron chi connectivity index (χ3n) is 5.36. The summed E-state index contributed by atoms with van der Waals surface area (Å²) in [6, 6.07) is 3.69. The molecule has 0 aliphatic heterocycles. The zero-order valence-electron chi connectivity index (χ0n) is 18.0. The lowest BCUT2D eigenvalue weighted by Crippen LogP contribution is -2.43. The number of rotatable bonds is 7. The Hall–Kier alpha value is -2.35. The van der Waals surface area contributed by atoms with Crippen molar-refractivity contribution in [3.05, 3.63) is 40.9 Å². The second-order valence-electron chi connectivity index (χ2n) is 8.14. The average molecular weight is 431 g/mol. The molecule has 0 saturated heterocycles. The molecule has 162 valence electrons. The van der Waals surface area contributed by atoms with Crippen molar-refractivity contribution < 1.29 is 14.1 Å². The number of nitrogens with zero attached hydrogens (tertiary/aromatic N) is 2. The summed E-state index contributed by atoms with van der Waals surface area (Å²) in [6.45, 7) is 7.72. The van der Waals surface area contributed by atoms with E-state index in [1.165, 1.54) is 11.8 Å². The summed E-state index contributed by atoms with van der Waals surface area (Å²) in [6.07, 6.45) is 5.06. The van der Waals surface area contributed by atoms with Crippen LogP contribution in [-0.4, -0.2) is 34.0 Å². The third-order valence-corrected chi connectivity index (χ3v) is 6.39. The van der Waals surface area contributed by atoms with Crippen LogP contribution in [0.1, 0.15) is 66.9 Å². The molecule has 2 unspecified atom stereocenters. The van der Waals surface area contributed by atoms with Crippen LogP contribution < -0.4 is 10.6 Å². The normalized spacial score (nSPS) is 19.0. The van der Waals surface area contributed by atoms with Crippen LogP contribution in [0.25, 0.3) is 0 Å². The van der Waals surface area contributed by atoms with Gasteiger partial charge in [0.2, 0.25) is 5.91 Å². The van der Waals surface area contributed by atoms with Gasteiger partial charge < -0.3 is 15.2 Å². The van der Waals surface area contributed by atoms with Crippen LogP contribution in [0.5, 0.6) is 0 Å². The molecule has 30 heavy (non-hydrogen) atoms. The fraction of sp³-hybridized carbons (Fsp3) is 0.545. The van der Waals surface area contributed by atoms with Crippen LogP contribution in [0.4, 0.5) is 0 Å². The van der Waals surface area contributed by atoms with E-state index in [0.29, 0.717) is 22.8 Å². The lowest BCUT2D eigenvalue weighted by atomic mass is 9.85. The maximum absolute atomic E-state index is 13.0. The summed E-state index contributed by atoms with van der Waals surface area (Å²) >= 11 is 1.50. The Morgan fingerprint density at radius 3 is 2.80 bits per heavy atom. The number of aryl methyl sites for hydroxylation is 2. The summed E-state index contributed by atoms with van der Waals surface area (Å²) in [5.41, 5.74) is 2.45. The van der Waals surface area contributed by atoms with Gasteiger partial charge in [0.25, 0.3) is 5.91 Å². The zero-order valence-corrected chi connectivity index (χ0v) is 18.8. The molecule has 8 heteroatoms. The van der Waals surface area contributed by atoms with Crippen molar-refractivity contribution in [2.24, 2.45) is 5.92 Å². The number of nitrogens with one attached hydrogen (secondary N) is 2. The molecule has 2 atom stereocenters. The molecule has 1 aliphatic carbocycles. The number of thioether (sulfide) groups is 1. The predicted molar refractivity (Wildman–Crippen MR) is 116 cm³/mol. The first-order chi connectivity index (χ1) is 14.3. The van der Waals surface area contributed by atoms with Gasteiger partial charge in [0.1, 0.15) is 10.8 Å². The van der Waals surface area contributed by atoms with Crippen molar-refractivity contribution >= 4 is 23.6 Å². The minimum atomic E-state index is -0.140. The maximum atomic E-state index is 13.0. The maximum Gasteiger partial charge on any atom is 0.254 e. The van der Waals surface area contributed by atoms with E-state index in [-0.39, 0.29) is 29.8 Å². The van der Waals surface area contributed by atoms with E-state index in [4.69, 9.17) is 4.52 Å². The molecule has 3 rings (SSSR count). The highest BCUT2D eigenvalue weighted by molar-refractivity contribution is 7.98. The van der Waals surface area contributed by atoms with Crippen LogP contribution in [0.2, 0.25) is 0 Å². The molecule has 1 aliphatic rings. The molecule has 2 aromatic heterocycles. The van der Waals surface area contributed by atoms with Gasteiger partial charge >= 0.3 is 0 Å². The Morgan fingerprint density at radius 1 is 1.30 bits per heavy atom. The van der Waals surface area contributed by atoms with Gasteiger partial charge in [0.15, 0.2) is 0 Å². The van der Waals surface area contributed by atoms with Crippen molar-refractivity contribution in [1.82, 2.24) is 20.8 Å². The number of aromatic nitrogens is 2. The third kappa shape index (κ3) is 5.62. The number of hydrogen-bond acceptors (Lipinski definition) is 6. The highest BCUT2D eigenvalue weighted by Crippen LogP contribution is 2.28. The molecule has 1 saturated carbocycles. The summed E-state index contributed by atoms with van der Waals surface area (Å²) in [5, 5.41) is 10.8. The van der Waals surface area contributed by atoms with Gasteiger partial charge in [-0.3, -0.25) is 9.59 Å². The zero-order chi connectivity index (χ0) is 21.7. The van der Waals surface area contributed by atoms with Crippen LogP contribution in [0.15, 0.2) is 27.9 Å². The lowest BCUT2D eigenvalue weighted by molar-refractivity contribution is -0.126. The molecule has 0 spiro atoms. The molecule has 2 aromatic rings. The Labute approximate surface area is 181 Å². The summed E-state index contributed by atoms with van der Waals surface area (Å²) < 4.78 is 5.22. The van der Waals surface area contributed by atoms with Crippen molar-refractivity contribution in [2.45, 2.75) is 76.2 Å². The minimum Gasteiger partial charge on any atom is -0.361 e. The molecule has 1 fully saturated rings. The van der Waals surface area contributed by atoms with Gasteiger partial charge in [-0.2, -0.15) is 0 Å². The molecule has 0 radical (unpaired) electrons. The topological polar surface area (TPSA) is 97.1 Å². The van der Waals surface area contributed by atoms with Crippen LogP contribution in [0.3, 0.4) is 0 Å². The average Bonchev–Trinajstić information content (AvgIpc) is 3.04. The van der Waals surface area contributed by atoms with Crippen molar-refractivity contribution in [3.63, 3.8) is 0 Å². The van der Waals surface area contributed by atoms with E-state index < -0.39 is 0 Å². The largest absolute Gasteiger partial charge is 0.361 e. The van der Waals surface area contributed by atoms with Crippen molar-refractivity contribution in [2.75, 3.05) is 0 Å². The highest BCUT2D eigenvalue weighted by Gasteiger charge is 2.29. The molecular weight excluding hydrogens is 400 g/mol. The molecule has 2 heterocycles. The lowest BCUT2D eigenvalue weighted by Gasteiger charge is -2.29. The van der Waals surface area contributed by atoms with E-state index in [1.807, 2.05) is 27.7 Å². The van der Waals surface area contributed by atoms with E-state index in [0.717, 1.165) is 36.3 Å². The number of pyridine rings is 1. The van der Waals surface area contributed by atoms with Crippen LogP contribution in [0, 0.1) is 19.8 Å². The van der Waals surface area contributed by atoms with Gasteiger partial charge in [-0.15, -0.1) is 11.8 Å². The van der Waals surface area contributed by atoms with E-state index in [9.17, 15) is 9.59 Å². The summed E-state index contributed by atoms with van der Waals surface area (Å²) in [5.74, 6) is 1.32. The number of hydrogen-bond donors (Lipinski definition) is 2. The van der Waals surface area contributed by atoms with Crippen molar-refractivity contribution in [1.29, 1.82) is 0 Å². The van der Waals surface area contributed by atoms with Crippen LogP contribution in [-0.2, 0) is 10.5 Å². The molecule has 2 N–H and O–H groups in total. The standard InChI is InChI=1S/C22H30N4O3S/c1-13(2)24-20(27)16-7-5-8-17(11-16)25-21(28)18-9-6-10-23-22(18)30-12-19-14(3)26-29-15(19)4/h6,9-10,13,16-17H,5,7-8,11-12H2,1-4H3,(H,24,27)(H,25,28). The highest BCUT2D eigenvalue weighted by atomic mass is 32.2. The Bertz CT molecular complexity index is 877. The Kier molecular flexibility index (Phi) is 7.53. The second-order valence-corrected chi connectivity index (χ2v) is 9.11. The fourth-order valence-electron chi connectivity index (χ4n) is 3.75. The first-order valence-electron chi connectivity index (χ1n) is 10.5. The van der Waals surface area contributed by atoms with E-state index in [2.05, 4.69) is 20.8 Å². The van der Waals surface area contributed by atoms with Gasteiger partial charge in [0.05, 0.1) is 11.3 Å².